The third-order valence-corrected chi connectivity index (χ3v) is 4.84. The number of nitrogens with zero attached hydrogens (tertiary/aromatic N) is 4. The van der Waals surface area contributed by atoms with Gasteiger partial charge in [0, 0.05) is 18.9 Å². The Labute approximate surface area is 174 Å². The van der Waals surface area contributed by atoms with Crippen molar-refractivity contribution in [3.8, 4) is 11.6 Å². The monoisotopic (exact) mass is 401 g/mol. The highest BCUT2D eigenvalue weighted by Crippen LogP contribution is 2.17. The molecule has 0 aliphatic heterocycles. The number of carbonyl (C=O) groups is 1. The van der Waals surface area contributed by atoms with Crippen LogP contribution < -0.4 is 10.1 Å². The Hall–Kier alpha value is -3.87. The molecule has 7 nitrogen and oxygen atoms in total. The van der Waals surface area contributed by atoms with Crippen molar-refractivity contribution in [3.63, 3.8) is 0 Å². The van der Waals surface area contributed by atoms with Crippen LogP contribution in [-0.4, -0.2) is 32.6 Å². The largest absolute Gasteiger partial charge is 0.497 e. The summed E-state index contributed by atoms with van der Waals surface area (Å²) in [5.41, 5.74) is 3.52. The fourth-order valence-corrected chi connectivity index (χ4v) is 3.17. The van der Waals surface area contributed by atoms with E-state index in [1.54, 1.807) is 11.8 Å². The molecule has 0 aliphatic rings. The molecule has 2 aromatic carbocycles. The molecule has 30 heavy (non-hydrogen) atoms. The Balaban J connectivity index is 1.58. The summed E-state index contributed by atoms with van der Waals surface area (Å²) < 4.78 is 8.79. The van der Waals surface area contributed by atoms with Gasteiger partial charge in [-0.15, -0.1) is 5.10 Å². The first-order chi connectivity index (χ1) is 14.6. The molecule has 0 saturated carbocycles. The quantitative estimate of drug-likeness (QED) is 0.515. The number of hydrogen-bond acceptors (Lipinski definition) is 4. The fourth-order valence-electron chi connectivity index (χ4n) is 3.17. The highest BCUT2D eigenvalue weighted by atomic mass is 16.5. The maximum atomic E-state index is 12.9. The molecule has 1 N–H and O–H groups in total. The molecular formula is C23H23N5O2. The molecule has 2 heterocycles. The zero-order valence-electron chi connectivity index (χ0n) is 16.9. The van der Waals surface area contributed by atoms with Gasteiger partial charge in [-0.1, -0.05) is 47.2 Å². The smallest absolute Gasteiger partial charge is 0.276 e. The van der Waals surface area contributed by atoms with Crippen molar-refractivity contribution in [2.75, 3.05) is 7.11 Å². The molecular weight excluding hydrogens is 378 g/mol. The van der Waals surface area contributed by atoms with Crippen molar-refractivity contribution < 1.29 is 9.53 Å². The molecule has 4 rings (SSSR count). The van der Waals surface area contributed by atoms with E-state index in [9.17, 15) is 4.79 Å². The van der Waals surface area contributed by atoms with Crippen LogP contribution in [0.25, 0.3) is 5.82 Å². The lowest BCUT2D eigenvalue weighted by Gasteiger charge is -2.10. The zero-order chi connectivity index (χ0) is 20.9. The Bertz CT molecular complexity index is 1110. The highest BCUT2D eigenvalue weighted by Gasteiger charge is 2.21. The predicted octanol–water partition coefficient (Wildman–Crippen LogP) is 3.36. The number of methoxy groups -OCH3 is 1. The van der Waals surface area contributed by atoms with E-state index in [4.69, 9.17) is 4.74 Å². The van der Waals surface area contributed by atoms with E-state index in [0.29, 0.717) is 18.9 Å². The van der Waals surface area contributed by atoms with Crippen molar-refractivity contribution in [1.82, 2.24) is 24.9 Å². The van der Waals surface area contributed by atoms with E-state index in [0.717, 1.165) is 16.9 Å². The van der Waals surface area contributed by atoms with Gasteiger partial charge in [-0.05, 0) is 42.3 Å². The number of hydrogen-bond donors (Lipinski definition) is 1. The number of benzene rings is 2. The lowest BCUT2D eigenvalue weighted by atomic mass is 10.1. The molecule has 0 spiro atoms. The van der Waals surface area contributed by atoms with E-state index in [1.165, 1.54) is 5.56 Å². The number of rotatable bonds is 7. The first kappa shape index (κ1) is 19.4. The van der Waals surface area contributed by atoms with Crippen molar-refractivity contribution in [2.24, 2.45) is 0 Å². The standard InChI is InChI=1S/C23H23N5O2/c1-17-5-7-18(8-6-17)15-24-22(29)21-23(27-13-3-4-14-27)28(26-25-21)16-19-9-11-20(30-2)12-10-19/h3-14H,15-16H2,1-2H3,(H,24,29). The van der Waals surface area contributed by atoms with Crippen molar-refractivity contribution >= 4 is 5.91 Å². The lowest BCUT2D eigenvalue weighted by molar-refractivity contribution is 0.0946. The lowest BCUT2D eigenvalue weighted by Crippen LogP contribution is -2.25. The Morgan fingerprint density at radius 3 is 2.33 bits per heavy atom. The average Bonchev–Trinajstić information content (AvgIpc) is 3.43. The van der Waals surface area contributed by atoms with E-state index in [2.05, 4.69) is 15.6 Å². The minimum Gasteiger partial charge on any atom is -0.497 e. The fraction of sp³-hybridized carbons (Fsp3) is 0.174. The molecule has 7 heteroatoms. The normalized spacial score (nSPS) is 10.7. The van der Waals surface area contributed by atoms with Crippen molar-refractivity contribution in [2.45, 2.75) is 20.0 Å². The van der Waals surface area contributed by atoms with Crippen LogP contribution in [0.4, 0.5) is 0 Å². The van der Waals surface area contributed by atoms with Crippen LogP contribution >= 0.6 is 0 Å². The molecule has 0 bridgehead atoms. The number of amides is 1. The molecule has 0 unspecified atom stereocenters. The van der Waals surface area contributed by atoms with Crippen LogP contribution in [0.5, 0.6) is 5.75 Å². The molecule has 152 valence electrons. The summed E-state index contributed by atoms with van der Waals surface area (Å²) in [6.45, 7) is 2.94. The van der Waals surface area contributed by atoms with E-state index in [-0.39, 0.29) is 11.6 Å². The summed E-state index contributed by atoms with van der Waals surface area (Å²) in [4.78, 5) is 12.9. The average molecular weight is 401 g/mol. The molecule has 0 saturated heterocycles. The topological polar surface area (TPSA) is 74.0 Å². The van der Waals surface area contributed by atoms with Gasteiger partial charge in [-0.3, -0.25) is 4.79 Å². The summed E-state index contributed by atoms with van der Waals surface area (Å²) in [7, 11) is 1.64. The summed E-state index contributed by atoms with van der Waals surface area (Å²) in [6, 6.07) is 19.6. The molecule has 0 fully saturated rings. The van der Waals surface area contributed by atoms with Gasteiger partial charge in [-0.2, -0.15) is 0 Å². The van der Waals surface area contributed by atoms with Crippen LogP contribution in [0, 0.1) is 6.92 Å². The van der Waals surface area contributed by atoms with Gasteiger partial charge in [0.25, 0.3) is 5.91 Å². The molecule has 0 radical (unpaired) electrons. The molecule has 1 amide bonds. The molecule has 2 aromatic heterocycles. The number of aryl methyl sites for hydroxylation is 1. The van der Waals surface area contributed by atoms with Crippen LogP contribution in [0.3, 0.4) is 0 Å². The van der Waals surface area contributed by atoms with E-state index >= 15 is 0 Å². The van der Waals surface area contributed by atoms with Crippen LogP contribution in [0.15, 0.2) is 73.1 Å². The predicted molar refractivity (Wildman–Crippen MR) is 114 cm³/mol. The molecule has 0 atom stereocenters. The van der Waals surface area contributed by atoms with Gasteiger partial charge in [-0.25, -0.2) is 4.68 Å². The van der Waals surface area contributed by atoms with Crippen molar-refractivity contribution in [1.29, 1.82) is 0 Å². The van der Waals surface area contributed by atoms with Crippen LogP contribution in [0.1, 0.15) is 27.2 Å². The SMILES string of the molecule is COc1ccc(Cn2nnc(C(=O)NCc3ccc(C)cc3)c2-n2cccc2)cc1. The Kier molecular flexibility index (Phi) is 5.61. The minimum absolute atomic E-state index is 0.264. The van der Waals surface area contributed by atoms with Gasteiger partial charge in [0.15, 0.2) is 11.5 Å². The van der Waals surface area contributed by atoms with Crippen LogP contribution in [0.2, 0.25) is 0 Å². The van der Waals surface area contributed by atoms with E-state index in [1.807, 2.05) is 84.5 Å². The van der Waals surface area contributed by atoms with Crippen molar-refractivity contribution in [3.05, 3.63) is 95.4 Å². The number of nitrogens with one attached hydrogen (secondary N) is 1. The maximum Gasteiger partial charge on any atom is 0.276 e. The number of ether oxygens (including phenoxy) is 1. The third-order valence-electron chi connectivity index (χ3n) is 4.84. The van der Waals surface area contributed by atoms with Gasteiger partial charge in [0.2, 0.25) is 0 Å². The van der Waals surface area contributed by atoms with Crippen LogP contribution in [-0.2, 0) is 13.1 Å². The first-order valence-corrected chi connectivity index (χ1v) is 9.67. The van der Waals surface area contributed by atoms with Gasteiger partial charge >= 0.3 is 0 Å². The summed E-state index contributed by atoms with van der Waals surface area (Å²) in [5.74, 6) is 1.15. The zero-order valence-corrected chi connectivity index (χ0v) is 16.9. The summed E-state index contributed by atoms with van der Waals surface area (Å²) >= 11 is 0. The summed E-state index contributed by atoms with van der Waals surface area (Å²) in [5, 5.41) is 11.4. The molecule has 4 aromatic rings. The molecule has 0 aliphatic carbocycles. The minimum atomic E-state index is -0.264. The summed E-state index contributed by atoms with van der Waals surface area (Å²) in [6.07, 6.45) is 3.75. The Morgan fingerprint density at radius 1 is 1.00 bits per heavy atom. The maximum absolute atomic E-state index is 12.9. The Morgan fingerprint density at radius 2 is 1.67 bits per heavy atom. The van der Waals surface area contributed by atoms with Gasteiger partial charge < -0.3 is 14.6 Å². The first-order valence-electron chi connectivity index (χ1n) is 9.67. The third kappa shape index (κ3) is 4.25. The number of carbonyl (C=O) groups excluding carboxylic acids is 1. The second-order valence-corrected chi connectivity index (χ2v) is 7.03. The highest BCUT2D eigenvalue weighted by molar-refractivity contribution is 5.95. The van der Waals surface area contributed by atoms with Gasteiger partial charge in [0.05, 0.1) is 13.7 Å². The number of aromatic nitrogens is 4. The second kappa shape index (κ2) is 8.65. The van der Waals surface area contributed by atoms with E-state index < -0.39 is 0 Å². The van der Waals surface area contributed by atoms with Gasteiger partial charge in [0.1, 0.15) is 5.75 Å². The second-order valence-electron chi connectivity index (χ2n) is 7.03.